The fourth-order valence-corrected chi connectivity index (χ4v) is 5.68. The van der Waals surface area contributed by atoms with Crippen LogP contribution in [0.3, 0.4) is 0 Å². The van der Waals surface area contributed by atoms with Gasteiger partial charge in [-0.25, -0.2) is 8.42 Å². The highest BCUT2D eigenvalue weighted by atomic mass is 32.2. The number of carbonyl (C=O) groups excluding carboxylic acids is 1. The summed E-state index contributed by atoms with van der Waals surface area (Å²) < 4.78 is 27.7. The molecule has 0 aliphatic carbocycles. The first kappa shape index (κ1) is 19.3. The highest BCUT2D eigenvalue weighted by molar-refractivity contribution is 7.89. The van der Waals surface area contributed by atoms with Crippen molar-refractivity contribution in [2.75, 3.05) is 26.2 Å². The smallest absolute Gasteiger partial charge is 0.243 e. The summed E-state index contributed by atoms with van der Waals surface area (Å²) in [5.41, 5.74) is 1.72. The van der Waals surface area contributed by atoms with Gasteiger partial charge in [-0.05, 0) is 69.2 Å². The van der Waals surface area contributed by atoms with Gasteiger partial charge in [0.2, 0.25) is 15.9 Å². The molecule has 1 amide bonds. The predicted molar refractivity (Wildman–Crippen MR) is 101 cm³/mol. The van der Waals surface area contributed by atoms with E-state index in [0.717, 1.165) is 43.4 Å². The van der Waals surface area contributed by atoms with E-state index in [1.54, 1.807) is 10.4 Å². The van der Waals surface area contributed by atoms with Crippen LogP contribution in [0.2, 0.25) is 0 Å². The van der Waals surface area contributed by atoms with Crippen molar-refractivity contribution in [1.82, 2.24) is 14.9 Å². The largest absolute Gasteiger partial charge is 0.354 e. The second-order valence-electron chi connectivity index (χ2n) is 7.53. The molecule has 2 saturated heterocycles. The number of carbonyl (C=O) groups is 1. The first-order valence-electron chi connectivity index (χ1n) is 9.46. The predicted octanol–water partition coefficient (Wildman–Crippen LogP) is 1.57. The van der Waals surface area contributed by atoms with Gasteiger partial charge in [-0.3, -0.25) is 4.79 Å². The van der Waals surface area contributed by atoms with Gasteiger partial charge in [-0.1, -0.05) is 12.1 Å². The summed E-state index contributed by atoms with van der Waals surface area (Å²) in [5.74, 6) is 0.200. The van der Waals surface area contributed by atoms with E-state index in [1.807, 2.05) is 26.0 Å². The van der Waals surface area contributed by atoms with Gasteiger partial charge in [0.25, 0.3) is 0 Å². The molecule has 2 unspecified atom stereocenters. The number of hydrogen-bond donors (Lipinski definition) is 2. The van der Waals surface area contributed by atoms with E-state index in [0.29, 0.717) is 24.5 Å². The van der Waals surface area contributed by atoms with Gasteiger partial charge in [0.1, 0.15) is 0 Å². The van der Waals surface area contributed by atoms with Gasteiger partial charge in [0, 0.05) is 19.6 Å². The molecule has 0 spiro atoms. The Hall–Kier alpha value is -1.44. The molecular weight excluding hydrogens is 350 g/mol. The number of sulfonamides is 1. The van der Waals surface area contributed by atoms with Gasteiger partial charge in [0.15, 0.2) is 0 Å². The van der Waals surface area contributed by atoms with Gasteiger partial charge < -0.3 is 10.6 Å². The molecule has 1 aromatic carbocycles. The molecular formula is C19H29N3O3S. The van der Waals surface area contributed by atoms with Gasteiger partial charge in [-0.15, -0.1) is 0 Å². The minimum atomic E-state index is -3.49. The van der Waals surface area contributed by atoms with E-state index in [2.05, 4.69) is 10.6 Å². The molecule has 0 saturated carbocycles. The minimum Gasteiger partial charge on any atom is -0.354 e. The number of benzene rings is 1. The highest BCUT2D eigenvalue weighted by Gasteiger charge is 2.32. The molecule has 6 nitrogen and oxygen atoms in total. The van der Waals surface area contributed by atoms with Crippen LogP contribution >= 0.6 is 0 Å². The molecule has 2 aliphatic heterocycles. The van der Waals surface area contributed by atoms with Crippen molar-refractivity contribution >= 4 is 15.9 Å². The molecule has 0 aromatic heterocycles. The second kappa shape index (κ2) is 8.06. The second-order valence-corrected chi connectivity index (χ2v) is 9.44. The number of amides is 1. The van der Waals surface area contributed by atoms with Crippen molar-refractivity contribution in [1.29, 1.82) is 0 Å². The van der Waals surface area contributed by atoms with E-state index >= 15 is 0 Å². The lowest BCUT2D eigenvalue weighted by Gasteiger charge is -2.32. The lowest BCUT2D eigenvalue weighted by molar-refractivity contribution is -0.123. The average molecular weight is 380 g/mol. The monoisotopic (exact) mass is 379 g/mol. The number of nitrogens with zero attached hydrogens (tertiary/aromatic N) is 1. The van der Waals surface area contributed by atoms with Crippen LogP contribution in [0.5, 0.6) is 0 Å². The summed E-state index contributed by atoms with van der Waals surface area (Å²) in [4.78, 5) is 12.6. The van der Waals surface area contributed by atoms with Crippen molar-refractivity contribution in [3.8, 4) is 0 Å². The number of aryl methyl sites for hydroxylation is 2. The quantitative estimate of drug-likeness (QED) is 0.814. The standard InChI is InChI=1S/C19H29N3O3S/c1-14-7-8-15(2)18(11-14)26(24,25)22-10-4-5-16(13-22)12-21-19(23)17-6-3-9-20-17/h7-8,11,16-17,20H,3-6,9-10,12-13H2,1-2H3,(H,21,23). The van der Waals surface area contributed by atoms with Crippen LogP contribution in [0.4, 0.5) is 0 Å². The Kier molecular flexibility index (Phi) is 5.99. The molecule has 2 N–H and O–H groups in total. The molecule has 144 valence electrons. The Morgan fingerprint density at radius 1 is 1.27 bits per heavy atom. The topological polar surface area (TPSA) is 78.5 Å². The van der Waals surface area contributed by atoms with Crippen LogP contribution in [0, 0.1) is 19.8 Å². The Balaban J connectivity index is 1.64. The van der Waals surface area contributed by atoms with E-state index < -0.39 is 10.0 Å². The first-order chi connectivity index (χ1) is 12.4. The molecule has 3 rings (SSSR count). The molecule has 2 heterocycles. The van der Waals surface area contributed by atoms with Crippen LogP contribution in [-0.2, 0) is 14.8 Å². The summed E-state index contributed by atoms with van der Waals surface area (Å²) in [5, 5.41) is 6.20. The van der Waals surface area contributed by atoms with Crippen molar-refractivity contribution in [3.05, 3.63) is 29.3 Å². The molecule has 0 bridgehead atoms. The van der Waals surface area contributed by atoms with Crippen molar-refractivity contribution in [3.63, 3.8) is 0 Å². The summed E-state index contributed by atoms with van der Waals surface area (Å²) >= 11 is 0. The third kappa shape index (κ3) is 4.27. The summed E-state index contributed by atoms with van der Waals surface area (Å²) in [7, 11) is -3.49. The number of rotatable bonds is 5. The van der Waals surface area contributed by atoms with E-state index in [4.69, 9.17) is 0 Å². The lowest BCUT2D eigenvalue weighted by Crippen LogP contribution is -2.46. The molecule has 2 fully saturated rings. The van der Waals surface area contributed by atoms with E-state index in [9.17, 15) is 13.2 Å². The Morgan fingerprint density at radius 2 is 2.08 bits per heavy atom. The third-order valence-electron chi connectivity index (χ3n) is 5.38. The highest BCUT2D eigenvalue weighted by Crippen LogP contribution is 2.26. The Labute approximate surface area is 156 Å². The fraction of sp³-hybridized carbons (Fsp3) is 0.632. The maximum atomic E-state index is 13.1. The number of hydrogen-bond acceptors (Lipinski definition) is 4. The first-order valence-corrected chi connectivity index (χ1v) is 10.9. The Bertz CT molecular complexity index is 757. The van der Waals surface area contributed by atoms with Gasteiger partial charge in [0.05, 0.1) is 10.9 Å². The summed E-state index contributed by atoms with van der Waals surface area (Å²) in [6.45, 7) is 6.18. The third-order valence-corrected chi connectivity index (χ3v) is 7.39. The lowest BCUT2D eigenvalue weighted by atomic mass is 9.99. The van der Waals surface area contributed by atoms with Crippen molar-refractivity contribution in [2.24, 2.45) is 5.92 Å². The Morgan fingerprint density at radius 3 is 2.81 bits per heavy atom. The zero-order valence-corrected chi connectivity index (χ0v) is 16.4. The zero-order valence-electron chi connectivity index (χ0n) is 15.6. The van der Waals surface area contributed by atoms with Crippen LogP contribution in [0.1, 0.15) is 36.8 Å². The number of nitrogens with one attached hydrogen (secondary N) is 2. The minimum absolute atomic E-state index is 0.0389. The van der Waals surface area contributed by atoms with E-state index in [-0.39, 0.29) is 17.9 Å². The SMILES string of the molecule is Cc1ccc(C)c(S(=O)(=O)N2CCCC(CNC(=O)C3CCCN3)C2)c1. The van der Waals surface area contributed by atoms with E-state index in [1.165, 1.54) is 0 Å². The van der Waals surface area contributed by atoms with Crippen LogP contribution in [0.15, 0.2) is 23.1 Å². The van der Waals surface area contributed by atoms with Crippen molar-refractivity contribution in [2.45, 2.75) is 50.5 Å². The summed E-state index contributed by atoms with van der Waals surface area (Å²) in [6.07, 6.45) is 3.68. The zero-order chi connectivity index (χ0) is 18.7. The van der Waals surface area contributed by atoms with Gasteiger partial charge >= 0.3 is 0 Å². The van der Waals surface area contributed by atoms with Crippen LogP contribution < -0.4 is 10.6 Å². The van der Waals surface area contributed by atoms with Gasteiger partial charge in [-0.2, -0.15) is 4.31 Å². The summed E-state index contributed by atoms with van der Waals surface area (Å²) in [6, 6.07) is 5.45. The number of piperidine rings is 1. The maximum Gasteiger partial charge on any atom is 0.243 e. The molecule has 0 radical (unpaired) electrons. The fourth-order valence-electron chi connectivity index (χ4n) is 3.81. The normalized spacial score (nSPS) is 24.5. The molecule has 1 aromatic rings. The molecule has 26 heavy (non-hydrogen) atoms. The molecule has 2 atom stereocenters. The molecule has 7 heteroatoms. The van der Waals surface area contributed by atoms with Crippen LogP contribution in [0.25, 0.3) is 0 Å². The average Bonchev–Trinajstić information content (AvgIpc) is 3.16. The maximum absolute atomic E-state index is 13.1. The van der Waals surface area contributed by atoms with Crippen LogP contribution in [-0.4, -0.2) is 50.9 Å². The molecule has 2 aliphatic rings. The van der Waals surface area contributed by atoms with Crippen molar-refractivity contribution < 1.29 is 13.2 Å².